The van der Waals surface area contributed by atoms with Crippen LogP contribution in [0.2, 0.25) is 0 Å². The Balaban J connectivity index is 1.45. The Morgan fingerprint density at radius 3 is 2.56 bits per heavy atom. The fourth-order valence-corrected chi connectivity index (χ4v) is 10.1. The number of carbonyl (C=O) groups is 3. The fraction of sp³-hybridized carbons (Fsp3) is 0.529. The van der Waals surface area contributed by atoms with Gasteiger partial charge in [-0.15, -0.1) is 11.8 Å². The first-order valence-corrected chi connectivity index (χ1v) is 18.6. The molecule has 0 saturated carbocycles. The Bertz CT molecular complexity index is 1900. The van der Waals surface area contributed by atoms with Crippen molar-refractivity contribution in [3.8, 4) is 34.8 Å². The zero-order valence-corrected chi connectivity index (χ0v) is 31.7. The number of fused-ring (bicyclic) bond motifs is 9. The summed E-state index contributed by atoms with van der Waals surface area (Å²) >= 11 is 18.6. The van der Waals surface area contributed by atoms with Gasteiger partial charge in [0.15, 0.2) is 23.0 Å². The Labute approximate surface area is 318 Å². The molecule has 0 spiro atoms. The highest BCUT2D eigenvalue weighted by molar-refractivity contribution is 7.99. The van der Waals surface area contributed by atoms with Crippen LogP contribution in [0.25, 0.3) is 0 Å². The van der Waals surface area contributed by atoms with Gasteiger partial charge in [0.2, 0.25) is 10.6 Å². The number of nitrogens with zero attached hydrogens (tertiary/aromatic N) is 3. The van der Waals surface area contributed by atoms with E-state index in [9.17, 15) is 24.8 Å². The summed E-state index contributed by atoms with van der Waals surface area (Å²) in [5, 5.41) is 24.7. The quantitative estimate of drug-likeness (QED) is 0.248. The van der Waals surface area contributed by atoms with Gasteiger partial charge in [-0.3, -0.25) is 14.6 Å². The number of hydrogen-bond donors (Lipinski definition) is 2. The third kappa shape index (κ3) is 6.01. The molecule has 5 heterocycles. The number of hydrogen-bond acceptors (Lipinski definition) is 14. The molecular weight excluding hydrogens is 763 g/mol. The number of benzene rings is 2. The standard InChI is InChI=1S/C34H35Cl3N4O10S/c1-13-6-16-7-18-19(8-38)41-20-9-47-32(44)17(39-33(45)48-11-34(35,36)37)10-52-31(25(41)24(40(18)4)21(16)26(43)27(13)46-5)23-22(20)30-29(49-12-50-30)14(2)28(23)51-15(3)42/h6,17-20,24-25,31,43H,7,9-12H2,1-5H3,(H,39,45)/t17?,18-,19-,20-,24+,25?,31+/m0/s1. The number of cyclic esters (lactones) is 1. The second-order valence-corrected chi connectivity index (χ2v) is 17.0. The molecule has 278 valence electrons. The van der Waals surface area contributed by atoms with E-state index in [-0.39, 0.29) is 36.7 Å². The van der Waals surface area contributed by atoms with E-state index in [1.807, 2.05) is 20.0 Å². The van der Waals surface area contributed by atoms with Crippen molar-refractivity contribution in [1.82, 2.24) is 15.1 Å². The average molecular weight is 798 g/mol. The SMILES string of the molecule is COc1c(C)cc2c(c1O)[C@@H]1C3[C@@H]4SCC(NC(=O)OCC(Cl)(Cl)Cl)C(=O)OC[C@@H](c5c6c(c(C)c(OC(C)=O)c54)OCO6)N3[C@@H](C#N)[C@H](C2)N1C. The minimum absolute atomic E-state index is 0.00825. The van der Waals surface area contributed by atoms with Gasteiger partial charge in [-0.05, 0) is 38.4 Å². The summed E-state index contributed by atoms with van der Waals surface area (Å²) in [4.78, 5) is 43.4. The Kier molecular flexibility index (Phi) is 9.71. The van der Waals surface area contributed by atoms with Crippen LogP contribution in [0.15, 0.2) is 6.07 Å². The smallest absolute Gasteiger partial charge is 0.408 e. The number of nitrogens with one attached hydrogen (secondary N) is 1. The summed E-state index contributed by atoms with van der Waals surface area (Å²) in [6.45, 7) is 3.97. The first-order valence-electron chi connectivity index (χ1n) is 16.4. The van der Waals surface area contributed by atoms with Crippen molar-refractivity contribution < 1.29 is 47.9 Å². The van der Waals surface area contributed by atoms with Gasteiger partial charge in [-0.25, -0.2) is 9.59 Å². The third-order valence-electron chi connectivity index (χ3n) is 10.3. The zero-order valence-electron chi connectivity index (χ0n) is 28.7. The van der Waals surface area contributed by atoms with Crippen molar-refractivity contribution in [3.63, 3.8) is 0 Å². The predicted molar refractivity (Wildman–Crippen MR) is 188 cm³/mol. The predicted octanol–water partition coefficient (Wildman–Crippen LogP) is 4.70. The van der Waals surface area contributed by atoms with Crippen molar-refractivity contribution in [2.24, 2.45) is 0 Å². The zero-order chi connectivity index (χ0) is 37.4. The number of likely N-dealkylation sites (N-methyl/N-ethyl adjacent to an activating group) is 1. The Morgan fingerprint density at radius 2 is 1.88 bits per heavy atom. The average Bonchev–Trinajstić information content (AvgIpc) is 3.57. The lowest BCUT2D eigenvalue weighted by Gasteiger charge is -2.61. The van der Waals surface area contributed by atoms with Crippen LogP contribution >= 0.6 is 46.6 Å². The van der Waals surface area contributed by atoms with Gasteiger partial charge >= 0.3 is 18.0 Å². The summed E-state index contributed by atoms with van der Waals surface area (Å²) in [6, 6.07) is 0.309. The molecule has 18 heteroatoms. The molecule has 2 unspecified atom stereocenters. The normalized spacial score (nSPS) is 27.7. The topological polar surface area (TPSA) is 169 Å². The van der Waals surface area contributed by atoms with E-state index in [4.69, 9.17) is 63.2 Å². The number of esters is 2. The number of alkyl carbamates (subject to hydrolysis) is 1. The minimum Gasteiger partial charge on any atom is -0.504 e. The summed E-state index contributed by atoms with van der Waals surface area (Å²) in [5.74, 6) is -0.00818. The summed E-state index contributed by atoms with van der Waals surface area (Å²) < 4.78 is 32.8. The molecule has 2 N–H and O–H groups in total. The number of nitriles is 1. The molecule has 2 saturated heterocycles. The lowest BCUT2D eigenvalue weighted by atomic mass is 9.71. The van der Waals surface area contributed by atoms with Crippen LogP contribution in [0.1, 0.15) is 57.6 Å². The maximum Gasteiger partial charge on any atom is 0.408 e. The highest BCUT2D eigenvalue weighted by atomic mass is 35.6. The molecule has 0 radical (unpaired) electrons. The number of halogens is 3. The summed E-state index contributed by atoms with van der Waals surface area (Å²) in [6.07, 6.45) is -0.553. The van der Waals surface area contributed by atoms with E-state index in [0.717, 1.165) is 11.1 Å². The van der Waals surface area contributed by atoms with Crippen molar-refractivity contribution in [2.75, 3.05) is 39.9 Å². The van der Waals surface area contributed by atoms with Crippen LogP contribution in [-0.2, 0) is 25.5 Å². The van der Waals surface area contributed by atoms with Crippen molar-refractivity contribution in [3.05, 3.63) is 39.4 Å². The van der Waals surface area contributed by atoms with Crippen molar-refractivity contribution >= 4 is 64.6 Å². The number of aryl methyl sites for hydroxylation is 1. The molecule has 52 heavy (non-hydrogen) atoms. The van der Waals surface area contributed by atoms with Gasteiger partial charge in [0.25, 0.3) is 0 Å². The maximum absolute atomic E-state index is 13.7. The molecule has 2 fully saturated rings. The van der Waals surface area contributed by atoms with Crippen LogP contribution in [-0.4, -0.2) is 101 Å². The number of phenolic OH excluding ortho intramolecular Hbond substituents is 1. The lowest BCUT2D eigenvalue weighted by Crippen LogP contribution is -2.69. The van der Waals surface area contributed by atoms with Crippen LogP contribution in [0.4, 0.5) is 4.79 Å². The maximum atomic E-state index is 13.7. The Hall–Kier alpha value is -3.52. The third-order valence-corrected chi connectivity index (χ3v) is 12.0. The van der Waals surface area contributed by atoms with Gasteiger partial charge in [0.1, 0.15) is 31.0 Å². The summed E-state index contributed by atoms with van der Waals surface area (Å²) in [7, 11) is 3.42. The number of ether oxygens (including phenoxy) is 6. The first-order chi connectivity index (χ1) is 24.7. The molecule has 0 aromatic heterocycles. The van der Waals surface area contributed by atoms with Crippen LogP contribution in [0.3, 0.4) is 0 Å². The summed E-state index contributed by atoms with van der Waals surface area (Å²) in [5.41, 5.74) is 3.97. The molecule has 7 atom stereocenters. The molecule has 5 aliphatic heterocycles. The number of carbonyl (C=O) groups excluding carboxylic acids is 3. The highest BCUT2D eigenvalue weighted by Gasteiger charge is 2.60. The molecule has 5 aliphatic rings. The largest absolute Gasteiger partial charge is 0.504 e. The van der Waals surface area contributed by atoms with E-state index in [1.165, 1.54) is 25.8 Å². The molecule has 7 rings (SSSR count). The highest BCUT2D eigenvalue weighted by Crippen LogP contribution is 2.64. The van der Waals surface area contributed by atoms with Gasteiger partial charge in [0, 0.05) is 47.0 Å². The molecule has 2 aromatic carbocycles. The van der Waals surface area contributed by atoms with Gasteiger partial charge in [0.05, 0.1) is 30.5 Å². The number of methoxy groups -OCH3 is 1. The first kappa shape index (κ1) is 36.8. The minimum atomic E-state index is -1.88. The molecule has 4 bridgehead atoms. The number of alkyl halides is 3. The fourth-order valence-electron chi connectivity index (χ4n) is 8.40. The lowest BCUT2D eigenvalue weighted by molar-refractivity contribution is -0.151. The van der Waals surface area contributed by atoms with Gasteiger partial charge in [-0.1, -0.05) is 40.9 Å². The molecule has 0 aliphatic carbocycles. The molecule has 14 nitrogen and oxygen atoms in total. The van der Waals surface area contributed by atoms with Gasteiger partial charge in [-0.2, -0.15) is 5.26 Å². The number of amides is 1. The van der Waals surface area contributed by atoms with Crippen molar-refractivity contribution in [2.45, 2.75) is 72.5 Å². The van der Waals surface area contributed by atoms with E-state index in [2.05, 4.69) is 21.2 Å². The number of piperazine rings is 1. The second-order valence-electron chi connectivity index (χ2n) is 13.3. The van der Waals surface area contributed by atoms with Crippen molar-refractivity contribution in [1.29, 1.82) is 5.26 Å². The second kappa shape index (κ2) is 13.7. The number of thioether (sulfide) groups is 1. The van der Waals surface area contributed by atoms with Gasteiger partial charge < -0.3 is 38.8 Å². The van der Waals surface area contributed by atoms with E-state index >= 15 is 0 Å². The molecule has 2 aromatic rings. The number of aromatic hydroxyl groups is 1. The molecular formula is C34H35Cl3N4O10S. The Morgan fingerprint density at radius 1 is 1.15 bits per heavy atom. The van der Waals surface area contributed by atoms with E-state index in [1.54, 1.807) is 6.92 Å². The van der Waals surface area contributed by atoms with E-state index in [0.29, 0.717) is 45.9 Å². The number of phenols is 1. The monoisotopic (exact) mass is 796 g/mol. The van der Waals surface area contributed by atoms with Crippen LogP contribution in [0.5, 0.6) is 28.7 Å². The van der Waals surface area contributed by atoms with Crippen LogP contribution in [0, 0.1) is 25.2 Å². The van der Waals surface area contributed by atoms with E-state index < -0.39 is 63.9 Å². The van der Waals surface area contributed by atoms with Crippen LogP contribution < -0.4 is 24.3 Å². The molecule has 1 amide bonds. The number of rotatable bonds is 4.